The minimum absolute atomic E-state index is 0.00201. The van der Waals surface area contributed by atoms with Crippen molar-refractivity contribution in [3.05, 3.63) is 22.7 Å². The fraction of sp³-hybridized carbons (Fsp3) is 0.455. The molecule has 0 saturated heterocycles. The van der Waals surface area contributed by atoms with Gasteiger partial charge in [0.15, 0.2) is 11.5 Å². The van der Waals surface area contributed by atoms with Crippen LogP contribution in [-0.2, 0) is 5.41 Å². The predicted molar refractivity (Wildman–Crippen MR) is 58.4 cm³/mol. The summed E-state index contributed by atoms with van der Waals surface area (Å²) < 4.78 is 5.03. The first-order valence-corrected chi connectivity index (χ1v) is 4.81. The van der Waals surface area contributed by atoms with E-state index in [1.807, 2.05) is 0 Å². The summed E-state index contributed by atoms with van der Waals surface area (Å²) in [6.07, 6.45) is 0. The largest absolute Gasteiger partial charge is 0.503 e. The number of aromatic hydroxyl groups is 1. The number of hydrogen-bond donors (Lipinski definition) is 1. The highest BCUT2D eigenvalue weighted by molar-refractivity contribution is 6.32. The molecule has 0 amide bonds. The van der Waals surface area contributed by atoms with Gasteiger partial charge in [0.25, 0.3) is 0 Å². The molecule has 0 atom stereocenters. The molecule has 0 radical (unpaired) electrons. The average molecular weight is 215 g/mol. The maximum atomic E-state index is 9.53. The lowest BCUT2D eigenvalue weighted by Crippen LogP contribution is -2.11. The standard InChI is InChI=1S/C11H15ClO2/c1-11(2,3)7-5-8(12)10(13)9(6-7)14-4/h5-6,13H,1-4H3. The van der Waals surface area contributed by atoms with Gasteiger partial charge in [-0.25, -0.2) is 0 Å². The third-order valence-corrected chi connectivity index (χ3v) is 2.40. The molecule has 78 valence electrons. The average Bonchev–Trinajstić information content (AvgIpc) is 2.07. The van der Waals surface area contributed by atoms with Gasteiger partial charge >= 0.3 is 0 Å². The van der Waals surface area contributed by atoms with Crippen molar-refractivity contribution in [3.63, 3.8) is 0 Å². The quantitative estimate of drug-likeness (QED) is 0.777. The van der Waals surface area contributed by atoms with E-state index in [1.54, 1.807) is 12.1 Å². The summed E-state index contributed by atoms with van der Waals surface area (Å²) in [6.45, 7) is 6.24. The number of phenolic OH excluding ortho intramolecular Hbond substituents is 1. The number of ether oxygens (including phenoxy) is 1. The summed E-state index contributed by atoms with van der Waals surface area (Å²) in [4.78, 5) is 0. The van der Waals surface area contributed by atoms with E-state index in [2.05, 4.69) is 20.8 Å². The summed E-state index contributed by atoms with van der Waals surface area (Å²) in [6, 6.07) is 3.57. The van der Waals surface area contributed by atoms with Gasteiger partial charge < -0.3 is 9.84 Å². The van der Waals surface area contributed by atoms with E-state index < -0.39 is 0 Å². The maximum Gasteiger partial charge on any atom is 0.176 e. The lowest BCUT2D eigenvalue weighted by molar-refractivity contribution is 0.372. The molecule has 14 heavy (non-hydrogen) atoms. The number of benzene rings is 1. The number of hydrogen-bond acceptors (Lipinski definition) is 2. The van der Waals surface area contributed by atoms with Crippen molar-refractivity contribution in [2.45, 2.75) is 26.2 Å². The van der Waals surface area contributed by atoms with E-state index in [0.717, 1.165) is 5.56 Å². The molecule has 1 N–H and O–H groups in total. The molecule has 0 bridgehead atoms. The predicted octanol–water partition coefficient (Wildman–Crippen LogP) is 3.35. The van der Waals surface area contributed by atoms with Crippen LogP contribution in [0.25, 0.3) is 0 Å². The summed E-state index contributed by atoms with van der Waals surface area (Å²) in [5.41, 5.74) is 1.03. The highest BCUT2D eigenvalue weighted by atomic mass is 35.5. The number of methoxy groups -OCH3 is 1. The normalized spacial score (nSPS) is 11.5. The van der Waals surface area contributed by atoms with Crippen molar-refractivity contribution in [1.29, 1.82) is 0 Å². The Bertz CT molecular complexity index is 340. The molecule has 0 heterocycles. The lowest BCUT2D eigenvalue weighted by Gasteiger charge is -2.20. The second-order valence-corrected chi connectivity index (χ2v) is 4.67. The lowest BCUT2D eigenvalue weighted by atomic mass is 9.87. The van der Waals surface area contributed by atoms with Gasteiger partial charge in [-0.1, -0.05) is 32.4 Å². The topological polar surface area (TPSA) is 29.5 Å². The molecule has 1 aromatic rings. The van der Waals surface area contributed by atoms with Crippen LogP contribution >= 0.6 is 11.6 Å². The number of rotatable bonds is 1. The second-order valence-electron chi connectivity index (χ2n) is 4.26. The zero-order chi connectivity index (χ0) is 10.9. The Kier molecular flexibility index (Phi) is 2.95. The minimum Gasteiger partial charge on any atom is -0.503 e. The van der Waals surface area contributed by atoms with Crippen LogP contribution in [0, 0.1) is 0 Å². The van der Waals surface area contributed by atoms with Crippen molar-refractivity contribution in [2.75, 3.05) is 7.11 Å². The zero-order valence-electron chi connectivity index (χ0n) is 8.89. The van der Waals surface area contributed by atoms with Crippen LogP contribution in [-0.4, -0.2) is 12.2 Å². The van der Waals surface area contributed by atoms with Crippen molar-refractivity contribution in [1.82, 2.24) is 0 Å². The first-order valence-electron chi connectivity index (χ1n) is 4.43. The SMILES string of the molecule is COc1cc(C(C)(C)C)cc(Cl)c1O. The van der Waals surface area contributed by atoms with Gasteiger partial charge in [0, 0.05) is 0 Å². The molecule has 1 aromatic carbocycles. The van der Waals surface area contributed by atoms with E-state index in [-0.39, 0.29) is 11.2 Å². The molecule has 2 nitrogen and oxygen atoms in total. The Labute approximate surface area is 89.5 Å². The first kappa shape index (κ1) is 11.2. The Morgan fingerprint density at radius 1 is 1.29 bits per heavy atom. The summed E-state index contributed by atoms with van der Waals surface area (Å²) in [5.74, 6) is 0.421. The van der Waals surface area contributed by atoms with Gasteiger partial charge in [-0.05, 0) is 23.1 Å². The van der Waals surface area contributed by atoms with Crippen LogP contribution in [0.15, 0.2) is 12.1 Å². The van der Waals surface area contributed by atoms with Crippen LogP contribution in [0.1, 0.15) is 26.3 Å². The second kappa shape index (κ2) is 3.70. The van der Waals surface area contributed by atoms with Crippen LogP contribution < -0.4 is 4.74 Å². The number of phenols is 1. The van der Waals surface area contributed by atoms with Gasteiger partial charge in [0.1, 0.15) is 0 Å². The summed E-state index contributed by atoms with van der Waals surface area (Å²) in [7, 11) is 1.51. The van der Waals surface area contributed by atoms with Crippen LogP contribution in [0.5, 0.6) is 11.5 Å². The Balaban J connectivity index is 3.30. The van der Waals surface area contributed by atoms with Gasteiger partial charge in [0.2, 0.25) is 0 Å². The van der Waals surface area contributed by atoms with E-state index in [0.29, 0.717) is 10.8 Å². The van der Waals surface area contributed by atoms with Gasteiger partial charge in [-0.2, -0.15) is 0 Å². The van der Waals surface area contributed by atoms with Crippen molar-refractivity contribution < 1.29 is 9.84 Å². The molecule has 0 aromatic heterocycles. The molecule has 0 aliphatic heterocycles. The van der Waals surface area contributed by atoms with Crippen molar-refractivity contribution >= 4 is 11.6 Å². The molecule has 0 aliphatic carbocycles. The molecule has 0 unspecified atom stereocenters. The fourth-order valence-corrected chi connectivity index (χ4v) is 1.37. The maximum absolute atomic E-state index is 9.53. The van der Waals surface area contributed by atoms with Crippen LogP contribution in [0.3, 0.4) is 0 Å². The third kappa shape index (κ3) is 2.13. The zero-order valence-corrected chi connectivity index (χ0v) is 9.64. The molecule has 0 fully saturated rings. The molecular weight excluding hydrogens is 200 g/mol. The van der Waals surface area contributed by atoms with E-state index >= 15 is 0 Å². The molecule has 0 aliphatic rings. The number of halogens is 1. The summed E-state index contributed by atoms with van der Waals surface area (Å²) >= 11 is 5.87. The van der Waals surface area contributed by atoms with Crippen molar-refractivity contribution in [3.8, 4) is 11.5 Å². The third-order valence-electron chi connectivity index (χ3n) is 2.11. The fourth-order valence-electron chi connectivity index (χ4n) is 1.16. The molecule has 0 spiro atoms. The van der Waals surface area contributed by atoms with Crippen molar-refractivity contribution in [2.24, 2.45) is 0 Å². The highest BCUT2D eigenvalue weighted by Crippen LogP contribution is 2.38. The summed E-state index contributed by atoms with van der Waals surface area (Å²) in [5, 5.41) is 9.86. The Morgan fingerprint density at radius 3 is 2.29 bits per heavy atom. The smallest absolute Gasteiger partial charge is 0.176 e. The van der Waals surface area contributed by atoms with Gasteiger partial charge in [0.05, 0.1) is 12.1 Å². The molecular formula is C11H15ClO2. The Morgan fingerprint density at radius 2 is 1.86 bits per heavy atom. The van der Waals surface area contributed by atoms with Gasteiger partial charge in [-0.15, -0.1) is 0 Å². The molecule has 0 saturated carbocycles. The molecule has 3 heteroatoms. The van der Waals surface area contributed by atoms with E-state index in [1.165, 1.54) is 7.11 Å². The van der Waals surface area contributed by atoms with Crippen LogP contribution in [0.2, 0.25) is 5.02 Å². The van der Waals surface area contributed by atoms with E-state index in [9.17, 15) is 5.11 Å². The highest BCUT2D eigenvalue weighted by Gasteiger charge is 2.18. The first-order chi connectivity index (χ1) is 6.36. The van der Waals surface area contributed by atoms with Crippen LogP contribution in [0.4, 0.5) is 0 Å². The molecule has 1 rings (SSSR count). The van der Waals surface area contributed by atoms with E-state index in [4.69, 9.17) is 16.3 Å². The minimum atomic E-state index is -0.00931. The Hall–Kier alpha value is -0.890. The monoisotopic (exact) mass is 214 g/mol. The van der Waals surface area contributed by atoms with Gasteiger partial charge in [-0.3, -0.25) is 0 Å².